The van der Waals surface area contributed by atoms with Gasteiger partial charge in [0.15, 0.2) is 5.78 Å². The van der Waals surface area contributed by atoms with Crippen molar-refractivity contribution in [1.82, 2.24) is 0 Å². The van der Waals surface area contributed by atoms with Gasteiger partial charge in [-0.1, -0.05) is 30.3 Å². The lowest BCUT2D eigenvalue weighted by Crippen LogP contribution is -2.44. The van der Waals surface area contributed by atoms with Crippen LogP contribution in [0.1, 0.15) is 5.56 Å². The third-order valence-corrected chi connectivity index (χ3v) is 3.10. The molecule has 2 N–H and O–H groups in total. The van der Waals surface area contributed by atoms with Gasteiger partial charge in [0.1, 0.15) is 6.61 Å². The monoisotopic (exact) mass is 233 g/mol. The number of benzene rings is 1. The first-order valence-corrected chi connectivity index (χ1v) is 5.62. The van der Waals surface area contributed by atoms with Crippen molar-refractivity contribution in [1.29, 1.82) is 0 Å². The molecule has 1 aliphatic heterocycles. The fourth-order valence-corrected chi connectivity index (χ4v) is 2.14. The van der Waals surface area contributed by atoms with Crippen molar-refractivity contribution in [2.45, 2.75) is 6.42 Å². The Morgan fingerprint density at radius 3 is 2.71 bits per heavy atom. The summed E-state index contributed by atoms with van der Waals surface area (Å²) in [6.45, 7) is 0.333. The molecular weight excluding hydrogens is 218 g/mol. The molecule has 1 heterocycles. The van der Waals surface area contributed by atoms with Crippen LogP contribution in [0.3, 0.4) is 0 Å². The van der Waals surface area contributed by atoms with Gasteiger partial charge in [0.2, 0.25) is 5.91 Å². The Labute approximate surface area is 99.8 Å². The molecule has 0 aliphatic carbocycles. The van der Waals surface area contributed by atoms with E-state index in [9.17, 15) is 9.59 Å². The molecule has 1 aliphatic rings. The summed E-state index contributed by atoms with van der Waals surface area (Å²) < 4.78 is 5.07. The van der Waals surface area contributed by atoms with E-state index in [1.54, 1.807) is 0 Å². The van der Waals surface area contributed by atoms with Gasteiger partial charge in [-0.15, -0.1) is 0 Å². The average molecular weight is 233 g/mol. The van der Waals surface area contributed by atoms with Crippen molar-refractivity contribution in [2.24, 2.45) is 17.6 Å². The molecule has 0 saturated carbocycles. The zero-order chi connectivity index (χ0) is 12.3. The highest BCUT2D eigenvalue weighted by atomic mass is 16.5. The predicted octanol–water partition coefficient (Wildman–Crippen LogP) is 0.546. The summed E-state index contributed by atoms with van der Waals surface area (Å²) in [4.78, 5) is 23.1. The molecule has 90 valence electrons. The molecule has 4 heteroatoms. The van der Waals surface area contributed by atoms with E-state index in [4.69, 9.17) is 10.5 Å². The van der Waals surface area contributed by atoms with Crippen LogP contribution in [0.4, 0.5) is 0 Å². The standard InChI is InChI=1S/C13H15NO3/c14-13(16)11-7-17-8-12(15)10(11)6-9-4-2-1-3-5-9/h1-5,10-11H,6-8H2,(H2,14,16)/t10-,11+/m1/s1. The summed E-state index contributed by atoms with van der Waals surface area (Å²) in [5, 5.41) is 0. The normalized spacial score (nSPS) is 24.6. The summed E-state index contributed by atoms with van der Waals surface area (Å²) in [5.74, 6) is -1.34. The summed E-state index contributed by atoms with van der Waals surface area (Å²) in [7, 11) is 0. The van der Waals surface area contributed by atoms with Crippen molar-refractivity contribution < 1.29 is 14.3 Å². The molecule has 2 rings (SSSR count). The Bertz CT molecular complexity index is 416. The second-order valence-electron chi connectivity index (χ2n) is 4.29. The lowest BCUT2D eigenvalue weighted by molar-refractivity contribution is -0.144. The summed E-state index contributed by atoms with van der Waals surface area (Å²) >= 11 is 0. The molecule has 0 bridgehead atoms. The molecule has 1 aromatic carbocycles. The van der Waals surface area contributed by atoms with Gasteiger partial charge in [-0.05, 0) is 12.0 Å². The van der Waals surface area contributed by atoms with Crippen LogP contribution in [0.2, 0.25) is 0 Å². The maximum Gasteiger partial charge on any atom is 0.223 e. The smallest absolute Gasteiger partial charge is 0.223 e. The van der Waals surface area contributed by atoms with E-state index < -0.39 is 11.8 Å². The van der Waals surface area contributed by atoms with E-state index in [2.05, 4.69) is 0 Å². The van der Waals surface area contributed by atoms with Crippen LogP contribution in [0.25, 0.3) is 0 Å². The number of ether oxygens (including phenoxy) is 1. The van der Waals surface area contributed by atoms with Crippen LogP contribution in [-0.2, 0) is 20.7 Å². The molecule has 1 fully saturated rings. The van der Waals surface area contributed by atoms with Crippen molar-refractivity contribution in [3.63, 3.8) is 0 Å². The molecule has 0 radical (unpaired) electrons. The fraction of sp³-hybridized carbons (Fsp3) is 0.385. The topological polar surface area (TPSA) is 69.4 Å². The first kappa shape index (κ1) is 11.8. The molecule has 1 aromatic rings. The number of carbonyl (C=O) groups is 2. The molecule has 2 atom stereocenters. The molecule has 4 nitrogen and oxygen atoms in total. The van der Waals surface area contributed by atoms with Gasteiger partial charge in [-0.2, -0.15) is 0 Å². The van der Waals surface area contributed by atoms with Crippen molar-refractivity contribution >= 4 is 11.7 Å². The van der Waals surface area contributed by atoms with Crippen LogP contribution in [-0.4, -0.2) is 24.9 Å². The van der Waals surface area contributed by atoms with Gasteiger partial charge in [-0.25, -0.2) is 0 Å². The maximum absolute atomic E-state index is 11.8. The van der Waals surface area contributed by atoms with Gasteiger partial charge in [-0.3, -0.25) is 9.59 Å². The first-order valence-electron chi connectivity index (χ1n) is 5.62. The van der Waals surface area contributed by atoms with E-state index in [0.29, 0.717) is 6.42 Å². The van der Waals surface area contributed by atoms with Crippen LogP contribution >= 0.6 is 0 Å². The van der Waals surface area contributed by atoms with Gasteiger partial charge >= 0.3 is 0 Å². The molecule has 0 aromatic heterocycles. The maximum atomic E-state index is 11.8. The highest BCUT2D eigenvalue weighted by Crippen LogP contribution is 2.23. The van der Waals surface area contributed by atoms with E-state index in [0.717, 1.165) is 5.56 Å². The van der Waals surface area contributed by atoms with Crippen LogP contribution in [0, 0.1) is 11.8 Å². The first-order chi connectivity index (χ1) is 8.18. The van der Waals surface area contributed by atoms with Gasteiger partial charge in [0, 0.05) is 5.92 Å². The minimum atomic E-state index is -0.503. The van der Waals surface area contributed by atoms with Crippen LogP contribution in [0.15, 0.2) is 30.3 Å². The number of rotatable bonds is 3. The fourth-order valence-electron chi connectivity index (χ4n) is 2.14. The molecule has 1 saturated heterocycles. The zero-order valence-electron chi connectivity index (χ0n) is 9.46. The SMILES string of the molecule is NC(=O)[C@H]1COCC(=O)[C@@H]1Cc1ccccc1. The van der Waals surface area contributed by atoms with E-state index in [1.807, 2.05) is 30.3 Å². The van der Waals surface area contributed by atoms with E-state index >= 15 is 0 Å². The van der Waals surface area contributed by atoms with E-state index in [1.165, 1.54) is 0 Å². The molecule has 17 heavy (non-hydrogen) atoms. The molecule has 0 unspecified atom stereocenters. The van der Waals surface area contributed by atoms with Gasteiger partial charge in [0.25, 0.3) is 0 Å². The number of amides is 1. The highest BCUT2D eigenvalue weighted by Gasteiger charge is 2.36. The minimum Gasteiger partial charge on any atom is -0.373 e. The third-order valence-electron chi connectivity index (χ3n) is 3.10. The Kier molecular flexibility index (Phi) is 3.54. The van der Waals surface area contributed by atoms with E-state index in [-0.39, 0.29) is 24.9 Å². The number of hydrogen-bond acceptors (Lipinski definition) is 3. The average Bonchev–Trinajstić information content (AvgIpc) is 2.33. The predicted molar refractivity (Wildman–Crippen MR) is 62.1 cm³/mol. The number of Topliss-reactive ketones (excluding diaryl/α,β-unsaturated/α-hetero) is 1. The second kappa shape index (κ2) is 5.10. The largest absolute Gasteiger partial charge is 0.373 e. The summed E-state index contributed by atoms with van der Waals surface area (Å²) in [6.07, 6.45) is 0.552. The third kappa shape index (κ3) is 2.71. The molecule has 1 amide bonds. The van der Waals surface area contributed by atoms with Gasteiger partial charge < -0.3 is 10.5 Å². The molecular formula is C13H15NO3. The van der Waals surface area contributed by atoms with Crippen molar-refractivity contribution in [2.75, 3.05) is 13.2 Å². The van der Waals surface area contributed by atoms with Gasteiger partial charge in [0.05, 0.1) is 12.5 Å². The lowest BCUT2D eigenvalue weighted by atomic mass is 9.82. The van der Waals surface area contributed by atoms with Crippen LogP contribution in [0.5, 0.6) is 0 Å². The quantitative estimate of drug-likeness (QED) is 0.828. The Balaban J connectivity index is 2.15. The van der Waals surface area contributed by atoms with Crippen molar-refractivity contribution in [3.05, 3.63) is 35.9 Å². The lowest BCUT2D eigenvalue weighted by Gasteiger charge is -2.28. The van der Waals surface area contributed by atoms with Crippen molar-refractivity contribution in [3.8, 4) is 0 Å². The summed E-state index contributed by atoms with van der Waals surface area (Å²) in [5.41, 5.74) is 6.34. The van der Waals surface area contributed by atoms with Crippen LogP contribution < -0.4 is 5.73 Å². The minimum absolute atomic E-state index is 0.0381. The molecule has 0 spiro atoms. The number of primary amides is 1. The number of ketones is 1. The Hall–Kier alpha value is -1.68. The number of hydrogen-bond donors (Lipinski definition) is 1. The second-order valence-corrected chi connectivity index (χ2v) is 4.29. The zero-order valence-corrected chi connectivity index (χ0v) is 9.46. The number of carbonyl (C=O) groups excluding carboxylic acids is 2. The Morgan fingerprint density at radius 1 is 1.35 bits per heavy atom. The summed E-state index contributed by atoms with van der Waals surface area (Å²) in [6, 6.07) is 9.64. The number of nitrogens with two attached hydrogens (primary N) is 1. The Morgan fingerprint density at radius 2 is 2.06 bits per heavy atom. The highest BCUT2D eigenvalue weighted by molar-refractivity contribution is 5.90.